The zero-order valence-corrected chi connectivity index (χ0v) is 12.9. The van der Waals surface area contributed by atoms with Crippen molar-refractivity contribution in [1.29, 1.82) is 0 Å². The van der Waals surface area contributed by atoms with Gasteiger partial charge in [0, 0.05) is 6.54 Å². The van der Waals surface area contributed by atoms with Gasteiger partial charge in [-0.2, -0.15) is 0 Å². The summed E-state index contributed by atoms with van der Waals surface area (Å²) in [5.41, 5.74) is 2.58. The number of hydrogen-bond acceptors (Lipinski definition) is 4. The molecule has 0 radical (unpaired) electrons. The highest BCUT2D eigenvalue weighted by molar-refractivity contribution is 5.79. The highest BCUT2D eigenvalue weighted by Crippen LogP contribution is 2.14. The SMILES string of the molecule is Cc1c(CC(=O)N2CCOC[C@@H]2C)nnn1-c1ccccc1. The molecule has 0 spiro atoms. The largest absolute Gasteiger partial charge is 0.377 e. The molecule has 22 heavy (non-hydrogen) atoms. The smallest absolute Gasteiger partial charge is 0.229 e. The number of morpholine rings is 1. The van der Waals surface area contributed by atoms with Crippen LogP contribution in [0.5, 0.6) is 0 Å². The van der Waals surface area contributed by atoms with Crippen LogP contribution in [0.2, 0.25) is 0 Å². The molecule has 1 fully saturated rings. The molecule has 2 heterocycles. The second-order valence-electron chi connectivity index (χ2n) is 5.56. The summed E-state index contributed by atoms with van der Waals surface area (Å²) in [5, 5.41) is 8.36. The van der Waals surface area contributed by atoms with Gasteiger partial charge in [0.1, 0.15) is 0 Å². The van der Waals surface area contributed by atoms with Crippen LogP contribution >= 0.6 is 0 Å². The highest BCUT2D eigenvalue weighted by Gasteiger charge is 2.25. The lowest BCUT2D eigenvalue weighted by Gasteiger charge is -2.33. The van der Waals surface area contributed by atoms with Gasteiger partial charge in [-0.1, -0.05) is 23.4 Å². The molecule has 1 saturated heterocycles. The van der Waals surface area contributed by atoms with E-state index in [0.29, 0.717) is 19.8 Å². The Hall–Kier alpha value is -2.21. The molecule has 1 aromatic carbocycles. The quantitative estimate of drug-likeness (QED) is 0.859. The van der Waals surface area contributed by atoms with Gasteiger partial charge in [0.25, 0.3) is 0 Å². The molecular formula is C16H20N4O2. The number of carbonyl (C=O) groups is 1. The van der Waals surface area contributed by atoms with Crippen LogP contribution in [0, 0.1) is 6.92 Å². The fourth-order valence-corrected chi connectivity index (χ4v) is 2.68. The molecular weight excluding hydrogens is 280 g/mol. The van der Waals surface area contributed by atoms with Crippen LogP contribution < -0.4 is 0 Å². The summed E-state index contributed by atoms with van der Waals surface area (Å²) in [6, 6.07) is 9.92. The summed E-state index contributed by atoms with van der Waals surface area (Å²) in [6.45, 7) is 5.79. The summed E-state index contributed by atoms with van der Waals surface area (Å²) in [5.74, 6) is 0.0824. The Labute approximate surface area is 129 Å². The van der Waals surface area contributed by atoms with Crippen LogP contribution in [0.1, 0.15) is 18.3 Å². The first kappa shape index (κ1) is 14.7. The van der Waals surface area contributed by atoms with E-state index in [0.717, 1.165) is 17.1 Å². The topological polar surface area (TPSA) is 60.3 Å². The molecule has 0 bridgehead atoms. The molecule has 1 aromatic heterocycles. The number of ether oxygens (including phenoxy) is 1. The van der Waals surface area contributed by atoms with Crippen molar-refractivity contribution in [1.82, 2.24) is 19.9 Å². The second kappa shape index (κ2) is 6.27. The molecule has 1 amide bonds. The third kappa shape index (κ3) is 2.87. The minimum atomic E-state index is 0.0824. The van der Waals surface area contributed by atoms with E-state index in [1.165, 1.54) is 0 Å². The molecule has 6 nitrogen and oxygen atoms in total. The molecule has 1 aliphatic rings. The molecule has 1 aliphatic heterocycles. The average Bonchev–Trinajstić information content (AvgIpc) is 2.89. The molecule has 0 saturated carbocycles. The minimum Gasteiger partial charge on any atom is -0.377 e. The number of amides is 1. The number of benzene rings is 1. The molecule has 116 valence electrons. The number of para-hydroxylation sites is 1. The normalized spacial score (nSPS) is 18.5. The van der Waals surface area contributed by atoms with Crippen molar-refractivity contribution in [3.63, 3.8) is 0 Å². The van der Waals surface area contributed by atoms with Crippen molar-refractivity contribution < 1.29 is 9.53 Å². The Balaban J connectivity index is 1.76. The fourth-order valence-electron chi connectivity index (χ4n) is 2.68. The van der Waals surface area contributed by atoms with Crippen LogP contribution in [0.3, 0.4) is 0 Å². The lowest BCUT2D eigenvalue weighted by Crippen LogP contribution is -2.47. The van der Waals surface area contributed by atoms with Gasteiger partial charge in [-0.05, 0) is 26.0 Å². The van der Waals surface area contributed by atoms with Gasteiger partial charge in [-0.15, -0.1) is 5.10 Å². The monoisotopic (exact) mass is 300 g/mol. The number of carbonyl (C=O) groups excluding carboxylic acids is 1. The number of hydrogen-bond donors (Lipinski definition) is 0. The van der Waals surface area contributed by atoms with E-state index >= 15 is 0 Å². The third-order valence-electron chi connectivity index (χ3n) is 4.00. The van der Waals surface area contributed by atoms with Crippen LogP contribution in [0.4, 0.5) is 0 Å². The number of aromatic nitrogens is 3. The fraction of sp³-hybridized carbons (Fsp3) is 0.438. The van der Waals surface area contributed by atoms with E-state index in [1.54, 1.807) is 4.68 Å². The Morgan fingerprint density at radius 1 is 1.36 bits per heavy atom. The van der Waals surface area contributed by atoms with Crippen molar-refractivity contribution in [2.45, 2.75) is 26.3 Å². The first-order valence-corrected chi connectivity index (χ1v) is 7.50. The lowest BCUT2D eigenvalue weighted by atomic mass is 10.2. The van der Waals surface area contributed by atoms with Gasteiger partial charge in [0.05, 0.1) is 42.8 Å². The molecule has 1 atom stereocenters. The standard InChI is InChI=1S/C16H20N4O2/c1-12-11-22-9-8-19(12)16(21)10-15-13(2)20(18-17-15)14-6-4-3-5-7-14/h3-7,12H,8-11H2,1-2H3/t12-/m0/s1. The van der Waals surface area contributed by atoms with E-state index in [2.05, 4.69) is 10.3 Å². The summed E-state index contributed by atoms with van der Waals surface area (Å²) >= 11 is 0. The molecule has 2 aromatic rings. The van der Waals surface area contributed by atoms with Crippen molar-refractivity contribution >= 4 is 5.91 Å². The Morgan fingerprint density at radius 2 is 2.14 bits per heavy atom. The van der Waals surface area contributed by atoms with Gasteiger partial charge in [0.15, 0.2) is 0 Å². The van der Waals surface area contributed by atoms with Gasteiger partial charge in [-0.3, -0.25) is 4.79 Å². The average molecular weight is 300 g/mol. The molecule has 6 heteroatoms. The van der Waals surface area contributed by atoms with Crippen LogP contribution in [0.25, 0.3) is 5.69 Å². The summed E-state index contributed by atoms with van der Waals surface area (Å²) in [4.78, 5) is 14.3. The maximum atomic E-state index is 12.5. The summed E-state index contributed by atoms with van der Waals surface area (Å²) < 4.78 is 7.14. The van der Waals surface area contributed by atoms with Crippen LogP contribution in [-0.2, 0) is 16.0 Å². The van der Waals surface area contributed by atoms with E-state index < -0.39 is 0 Å². The summed E-state index contributed by atoms with van der Waals surface area (Å²) in [6.07, 6.45) is 0.281. The first-order valence-electron chi connectivity index (χ1n) is 7.50. The zero-order valence-electron chi connectivity index (χ0n) is 12.9. The summed E-state index contributed by atoms with van der Waals surface area (Å²) in [7, 11) is 0. The van der Waals surface area contributed by atoms with E-state index in [-0.39, 0.29) is 18.4 Å². The Morgan fingerprint density at radius 3 is 2.86 bits per heavy atom. The first-order chi connectivity index (χ1) is 10.7. The van der Waals surface area contributed by atoms with Gasteiger partial charge < -0.3 is 9.64 Å². The van der Waals surface area contributed by atoms with Gasteiger partial charge in [-0.25, -0.2) is 4.68 Å². The van der Waals surface area contributed by atoms with Gasteiger partial charge >= 0.3 is 0 Å². The maximum Gasteiger partial charge on any atom is 0.229 e. The number of nitrogens with zero attached hydrogens (tertiary/aromatic N) is 4. The Kier molecular flexibility index (Phi) is 4.20. The van der Waals surface area contributed by atoms with E-state index in [1.807, 2.05) is 49.1 Å². The van der Waals surface area contributed by atoms with E-state index in [9.17, 15) is 4.79 Å². The molecule has 0 aliphatic carbocycles. The number of rotatable bonds is 3. The maximum absolute atomic E-state index is 12.5. The zero-order chi connectivity index (χ0) is 15.5. The Bertz CT molecular complexity index is 653. The van der Waals surface area contributed by atoms with Crippen LogP contribution in [-0.4, -0.2) is 51.6 Å². The predicted octanol–water partition coefficient (Wildman–Crippen LogP) is 1.37. The molecule has 3 rings (SSSR count). The lowest BCUT2D eigenvalue weighted by molar-refractivity contribution is -0.138. The molecule has 0 N–H and O–H groups in total. The predicted molar refractivity (Wildman–Crippen MR) is 81.8 cm³/mol. The second-order valence-corrected chi connectivity index (χ2v) is 5.56. The van der Waals surface area contributed by atoms with E-state index in [4.69, 9.17) is 4.74 Å². The van der Waals surface area contributed by atoms with Crippen molar-refractivity contribution in [3.05, 3.63) is 41.7 Å². The minimum absolute atomic E-state index is 0.0824. The van der Waals surface area contributed by atoms with Crippen molar-refractivity contribution in [3.8, 4) is 5.69 Å². The van der Waals surface area contributed by atoms with Gasteiger partial charge in [0.2, 0.25) is 5.91 Å². The highest BCUT2D eigenvalue weighted by atomic mass is 16.5. The van der Waals surface area contributed by atoms with Crippen LogP contribution in [0.15, 0.2) is 30.3 Å². The van der Waals surface area contributed by atoms with Crippen molar-refractivity contribution in [2.75, 3.05) is 19.8 Å². The molecule has 0 unspecified atom stereocenters. The van der Waals surface area contributed by atoms with Crippen molar-refractivity contribution in [2.24, 2.45) is 0 Å². The third-order valence-corrected chi connectivity index (χ3v) is 4.00.